The van der Waals surface area contributed by atoms with Crippen molar-refractivity contribution in [2.75, 3.05) is 7.11 Å². The lowest BCUT2D eigenvalue weighted by Gasteiger charge is -2.13. The summed E-state index contributed by atoms with van der Waals surface area (Å²) in [5, 5.41) is 9.18. The van der Waals surface area contributed by atoms with Crippen molar-refractivity contribution in [2.45, 2.75) is 19.4 Å². The molecule has 0 spiro atoms. The second kappa shape index (κ2) is 2.88. The summed E-state index contributed by atoms with van der Waals surface area (Å²) in [7, 11) is 1.60. The van der Waals surface area contributed by atoms with Crippen molar-refractivity contribution in [2.24, 2.45) is 0 Å². The standard InChI is InChI=1S/C8H12O2/c1-6-3-7(9)5-8(4-6)10-2/h4-5,7,9H,3H2,1-2H3. The Hall–Kier alpha value is -0.760. The SMILES string of the molecule is COC1=CC(O)CC(C)=C1. The third kappa shape index (κ3) is 1.61. The molecule has 0 aromatic heterocycles. The third-order valence-electron chi connectivity index (χ3n) is 1.51. The molecule has 1 unspecified atom stereocenters. The number of allylic oxidation sites excluding steroid dienone is 1. The molecule has 1 atom stereocenters. The lowest BCUT2D eigenvalue weighted by molar-refractivity contribution is 0.207. The summed E-state index contributed by atoms with van der Waals surface area (Å²) in [6, 6.07) is 0. The summed E-state index contributed by atoms with van der Waals surface area (Å²) in [6.07, 6.45) is 4.02. The van der Waals surface area contributed by atoms with Gasteiger partial charge in [-0.25, -0.2) is 0 Å². The van der Waals surface area contributed by atoms with Gasteiger partial charge >= 0.3 is 0 Å². The zero-order valence-corrected chi connectivity index (χ0v) is 6.29. The van der Waals surface area contributed by atoms with Crippen molar-refractivity contribution in [3.63, 3.8) is 0 Å². The Balaban J connectivity index is 2.72. The van der Waals surface area contributed by atoms with E-state index in [-0.39, 0.29) is 6.10 Å². The van der Waals surface area contributed by atoms with Crippen LogP contribution in [0.2, 0.25) is 0 Å². The third-order valence-corrected chi connectivity index (χ3v) is 1.51. The van der Waals surface area contributed by atoms with Crippen LogP contribution in [0, 0.1) is 0 Å². The number of rotatable bonds is 1. The molecule has 0 fully saturated rings. The number of hydrogen-bond acceptors (Lipinski definition) is 2. The monoisotopic (exact) mass is 140 g/mol. The molecule has 0 bridgehead atoms. The van der Waals surface area contributed by atoms with Crippen LogP contribution in [0.5, 0.6) is 0 Å². The van der Waals surface area contributed by atoms with Crippen molar-refractivity contribution in [3.8, 4) is 0 Å². The molecule has 0 heterocycles. The van der Waals surface area contributed by atoms with Gasteiger partial charge in [-0.05, 0) is 25.5 Å². The first-order valence-electron chi connectivity index (χ1n) is 3.33. The van der Waals surface area contributed by atoms with Crippen molar-refractivity contribution < 1.29 is 9.84 Å². The molecular formula is C8H12O2. The van der Waals surface area contributed by atoms with Crippen LogP contribution in [0.15, 0.2) is 23.5 Å². The average Bonchev–Trinajstić information content (AvgIpc) is 1.85. The number of methoxy groups -OCH3 is 1. The Kier molecular flexibility index (Phi) is 2.12. The van der Waals surface area contributed by atoms with Gasteiger partial charge in [-0.15, -0.1) is 0 Å². The Morgan fingerprint density at radius 1 is 1.70 bits per heavy atom. The van der Waals surface area contributed by atoms with Gasteiger partial charge in [0, 0.05) is 0 Å². The molecule has 0 aliphatic heterocycles. The van der Waals surface area contributed by atoms with Gasteiger partial charge < -0.3 is 9.84 Å². The van der Waals surface area contributed by atoms with Gasteiger partial charge in [0.15, 0.2) is 0 Å². The first kappa shape index (κ1) is 7.35. The number of hydrogen-bond donors (Lipinski definition) is 1. The van der Waals surface area contributed by atoms with Crippen LogP contribution in [-0.4, -0.2) is 18.3 Å². The fourth-order valence-electron chi connectivity index (χ4n) is 1.06. The highest BCUT2D eigenvalue weighted by molar-refractivity contribution is 5.24. The van der Waals surface area contributed by atoms with E-state index in [2.05, 4.69) is 0 Å². The van der Waals surface area contributed by atoms with Crippen molar-refractivity contribution in [1.82, 2.24) is 0 Å². The number of aliphatic hydroxyl groups is 1. The highest BCUT2D eigenvalue weighted by Gasteiger charge is 2.09. The van der Waals surface area contributed by atoms with Crippen molar-refractivity contribution in [1.29, 1.82) is 0 Å². The molecule has 56 valence electrons. The van der Waals surface area contributed by atoms with Gasteiger partial charge in [-0.2, -0.15) is 0 Å². The summed E-state index contributed by atoms with van der Waals surface area (Å²) < 4.78 is 4.96. The minimum absolute atomic E-state index is 0.361. The van der Waals surface area contributed by atoms with Gasteiger partial charge in [-0.1, -0.05) is 5.57 Å². The van der Waals surface area contributed by atoms with Gasteiger partial charge in [-0.3, -0.25) is 0 Å². The van der Waals surface area contributed by atoms with E-state index in [1.54, 1.807) is 13.2 Å². The zero-order chi connectivity index (χ0) is 7.56. The van der Waals surface area contributed by atoms with Gasteiger partial charge in [0.25, 0.3) is 0 Å². The fourth-order valence-corrected chi connectivity index (χ4v) is 1.06. The zero-order valence-electron chi connectivity index (χ0n) is 6.29. The van der Waals surface area contributed by atoms with Gasteiger partial charge in [0.2, 0.25) is 0 Å². The Morgan fingerprint density at radius 2 is 2.40 bits per heavy atom. The van der Waals surface area contributed by atoms with Crippen molar-refractivity contribution >= 4 is 0 Å². The summed E-state index contributed by atoms with van der Waals surface area (Å²) in [6.45, 7) is 1.98. The molecule has 0 aromatic carbocycles. The summed E-state index contributed by atoms with van der Waals surface area (Å²) in [4.78, 5) is 0. The molecule has 1 N–H and O–H groups in total. The maximum absolute atomic E-state index is 9.18. The van der Waals surface area contributed by atoms with Crippen molar-refractivity contribution in [3.05, 3.63) is 23.5 Å². The highest BCUT2D eigenvalue weighted by atomic mass is 16.5. The molecular weight excluding hydrogens is 128 g/mol. The van der Waals surface area contributed by atoms with Crippen LogP contribution in [0.1, 0.15) is 13.3 Å². The lowest BCUT2D eigenvalue weighted by atomic mass is 10.0. The normalized spacial score (nSPS) is 25.3. The van der Waals surface area contributed by atoms with E-state index in [0.717, 1.165) is 17.8 Å². The van der Waals surface area contributed by atoms with Crippen LogP contribution in [-0.2, 0) is 4.74 Å². The fraction of sp³-hybridized carbons (Fsp3) is 0.500. The van der Waals surface area contributed by atoms with E-state index >= 15 is 0 Å². The molecule has 1 aliphatic rings. The predicted octanol–water partition coefficient (Wildman–Crippen LogP) is 1.23. The first-order valence-corrected chi connectivity index (χ1v) is 3.33. The van der Waals surface area contributed by atoms with Crippen LogP contribution in [0.4, 0.5) is 0 Å². The molecule has 1 rings (SSSR count). The number of ether oxygens (including phenoxy) is 1. The highest BCUT2D eigenvalue weighted by Crippen LogP contribution is 2.16. The van der Waals surface area contributed by atoms with Crippen LogP contribution in [0.25, 0.3) is 0 Å². The van der Waals surface area contributed by atoms with E-state index in [9.17, 15) is 5.11 Å². The maximum atomic E-state index is 9.18. The largest absolute Gasteiger partial charge is 0.497 e. The Bertz CT molecular complexity index is 180. The maximum Gasteiger partial charge on any atom is 0.117 e. The van der Waals surface area contributed by atoms with Gasteiger partial charge in [0.05, 0.1) is 13.2 Å². The number of aliphatic hydroxyl groups excluding tert-OH is 1. The molecule has 2 nitrogen and oxygen atoms in total. The van der Waals surface area contributed by atoms with E-state index in [1.807, 2.05) is 13.0 Å². The first-order chi connectivity index (χ1) is 4.72. The smallest absolute Gasteiger partial charge is 0.117 e. The molecule has 0 amide bonds. The minimum Gasteiger partial charge on any atom is -0.497 e. The molecule has 2 heteroatoms. The molecule has 0 aromatic rings. The molecule has 0 saturated carbocycles. The quantitative estimate of drug-likeness (QED) is 0.593. The van der Waals surface area contributed by atoms with E-state index in [4.69, 9.17) is 4.74 Å². The molecule has 0 radical (unpaired) electrons. The Morgan fingerprint density at radius 3 is 2.90 bits per heavy atom. The van der Waals surface area contributed by atoms with Crippen LogP contribution < -0.4 is 0 Å². The van der Waals surface area contributed by atoms with Gasteiger partial charge in [0.1, 0.15) is 5.76 Å². The molecule has 0 saturated heterocycles. The summed E-state index contributed by atoms with van der Waals surface area (Å²) in [5.74, 6) is 0.760. The minimum atomic E-state index is -0.361. The molecule has 1 aliphatic carbocycles. The second-order valence-electron chi connectivity index (χ2n) is 2.54. The second-order valence-corrected chi connectivity index (χ2v) is 2.54. The lowest BCUT2D eigenvalue weighted by Crippen LogP contribution is -2.08. The van der Waals surface area contributed by atoms with Crippen LogP contribution in [0.3, 0.4) is 0 Å². The predicted molar refractivity (Wildman–Crippen MR) is 39.5 cm³/mol. The van der Waals surface area contributed by atoms with E-state index in [1.165, 1.54) is 0 Å². The van der Waals surface area contributed by atoms with E-state index < -0.39 is 0 Å². The summed E-state index contributed by atoms with van der Waals surface area (Å²) in [5.41, 5.74) is 1.16. The molecule has 10 heavy (non-hydrogen) atoms. The topological polar surface area (TPSA) is 29.5 Å². The van der Waals surface area contributed by atoms with Crippen LogP contribution >= 0.6 is 0 Å². The Labute approximate surface area is 60.8 Å². The van der Waals surface area contributed by atoms with E-state index in [0.29, 0.717) is 0 Å². The average molecular weight is 140 g/mol. The summed E-state index contributed by atoms with van der Waals surface area (Å²) >= 11 is 0.